The van der Waals surface area contributed by atoms with E-state index >= 15 is 0 Å². The van der Waals surface area contributed by atoms with Crippen LogP contribution in [0.15, 0.2) is 30.3 Å². The predicted octanol–water partition coefficient (Wildman–Crippen LogP) is 2.35. The van der Waals surface area contributed by atoms with Crippen molar-refractivity contribution in [3.8, 4) is 0 Å². The van der Waals surface area contributed by atoms with Crippen molar-refractivity contribution in [2.45, 2.75) is 32.1 Å². The molecule has 1 aliphatic carbocycles. The molecule has 1 aromatic carbocycles. The number of aliphatic hydroxyl groups is 1. The molecule has 0 unspecified atom stereocenters. The lowest BCUT2D eigenvalue weighted by Crippen LogP contribution is -2.39. The van der Waals surface area contributed by atoms with E-state index in [1.807, 2.05) is 30.3 Å². The van der Waals surface area contributed by atoms with Crippen LogP contribution in [-0.4, -0.2) is 17.5 Å². The van der Waals surface area contributed by atoms with E-state index in [-0.39, 0.29) is 12.4 Å². The molecule has 0 amide bonds. The largest absolute Gasteiger partial charge is 0.395 e. The van der Waals surface area contributed by atoms with E-state index in [0.717, 1.165) is 24.8 Å². The first kappa shape index (κ1) is 11.3. The summed E-state index contributed by atoms with van der Waals surface area (Å²) in [7, 11) is 0. The Morgan fingerprint density at radius 1 is 1.19 bits per heavy atom. The van der Waals surface area contributed by atoms with Gasteiger partial charge in [-0.15, -0.1) is 0 Å². The number of rotatable bonds is 3. The Morgan fingerprint density at radius 3 is 2.56 bits per heavy atom. The Morgan fingerprint density at radius 2 is 1.94 bits per heavy atom. The van der Waals surface area contributed by atoms with Gasteiger partial charge in [0.25, 0.3) is 0 Å². The molecular weight excluding hydrogens is 200 g/mol. The fourth-order valence-corrected chi connectivity index (χ4v) is 2.55. The molecule has 1 atom stereocenters. The van der Waals surface area contributed by atoms with Gasteiger partial charge in [0.2, 0.25) is 0 Å². The highest BCUT2D eigenvalue weighted by Crippen LogP contribution is 2.35. The van der Waals surface area contributed by atoms with Crippen LogP contribution >= 0.6 is 0 Å². The van der Waals surface area contributed by atoms with Crippen LogP contribution in [0.4, 0.5) is 0 Å². The Labute approximate surface area is 96.3 Å². The SMILES string of the molecule is O=C1CCCC[C@]1(CO)Cc1ccccc1. The van der Waals surface area contributed by atoms with Crippen LogP contribution in [0.25, 0.3) is 0 Å². The maximum atomic E-state index is 12.0. The smallest absolute Gasteiger partial charge is 0.141 e. The third-order valence-corrected chi connectivity index (χ3v) is 3.59. The Bertz CT molecular complexity index is 358. The Balaban J connectivity index is 2.18. The lowest BCUT2D eigenvalue weighted by atomic mass is 9.70. The third kappa shape index (κ3) is 2.17. The average molecular weight is 218 g/mol. The standard InChI is InChI=1S/C14H18O2/c15-11-14(9-5-4-8-13(14)16)10-12-6-2-1-3-7-12/h1-3,6-7,15H,4-5,8-11H2/t14-/m1/s1. The number of hydrogen-bond acceptors (Lipinski definition) is 2. The van der Waals surface area contributed by atoms with Crippen LogP contribution in [0.3, 0.4) is 0 Å². The minimum Gasteiger partial charge on any atom is -0.395 e. The van der Waals surface area contributed by atoms with E-state index < -0.39 is 5.41 Å². The van der Waals surface area contributed by atoms with Gasteiger partial charge in [0.1, 0.15) is 5.78 Å². The molecule has 16 heavy (non-hydrogen) atoms. The van der Waals surface area contributed by atoms with Crippen molar-refractivity contribution in [3.05, 3.63) is 35.9 Å². The van der Waals surface area contributed by atoms with Crippen molar-refractivity contribution in [2.24, 2.45) is 5.41 Å². The third-order valence-electron chi connectivity index (χ3n) is 3.59. The van der Waals surface area contributed by atoms with E-state index in [0.29, 0.717) is 12.8 Å². The molecule has 0 radical (unpaired) electrons. The molecule has 1 aromatic rings. The fourth-order valence-electron chi connectivity index (χ4n) is 2.55. The molecular formula is C14H18O2. The Hall–Kier alpha value is -1.15. The fraction of sp³-hybridized carbons (Fsp3) is 0.500. The van der Waals surface area contributed by atoms with Crippen LogP contribution in [-0.2, 0) is 11.2 Å². The zero-order valence-electron chi connectivity index (χ0n) is 9.48. The number of benzene rings is 1. The second-order valence-corrected chi connectivity index (χ2v) is 4.73. The first-order valence-electron chi connectivity index (χ1n) is 5.95. The normalized spacial score (nSPS) is 25.7. The molecule has 0 saturated heterocycles. The summed E-state index contributed by atoms with van der Waals surface area (Å²) in [6.45, 7) is -0.0132. The Kier molecular flexibility index (Phi) is 3.39. The second-order valence-electron chi connectivity index (χ2n) is 4.73. The summed E-state index contributed by atoms with van der Waals surface area (Å²) in [6.07, 6.45) is 4.18. The van der Waals surface area contributed by atoms with Crippen molar-refractivity contribution in [1.82, 2.24) is 0 Å². The zero-order valence-corrected chi connectivity index (χ0v) is 9.48. The number of hydrogen-bond donors (Lipinski definition) is 1. The lowest BCUT2D eigenvalue weighted by Gasteiger charge is -2.34. The molecule has 1 aliphatic rings. The summed E-state index contributed by atoms with van der Waals surface area (Å²) >= 11 is 0. The van der Waals surface area contributed by atoms with Crippen LogP contribution in [0.5, 0.6) is 0 Å². The van der Waals surface area contributed by atoms with Gasteiger partial charge in [0.05, 0.1) is 12.0 Å². The van der Waals surface area contributed by atoms with Crippen LogP contribution in [0, 0.1) is 5.41 Å². The van der Waals surface area contributed by atoms with Gasteiger partial charge < -0.3 is 5.11 Å². The molecule has 0 aromatic heterocycles. The number of aliphatic hydroxyl groups excluding tert-OH is 1. The van der Waals surface area contributed by atoms with Gasteiger partial charge in [-0.05, 0) is 24.8 Å². The summed E-state index contributed by atoms with van der Waals surface area (Å²) in [4.78, 5) is 12.0. The van der Waals surface area contributed by atoms with Crippen molar-refractivity contribution < 1.29 is 9.90 Å². The van der Waals surface area contributed by atoms with E-state index in [2.05, 4.69) is 0 Å². The van der Waals surface area contributed by atoms with Gasteiger partial charge in [-0.25, -0.2) is 0 Å². The van der Waals surface area contributed by atoms with Crippen molar-refractivity contribution in [3.63, 3.8) is 0 Å². The first-order chi connectivity index (χ1) is 7.77. The number of ketones is 1. The lowest BCUT2D eigenvalue weighted by molar-refractivity contribution is -0.133. The highest BCUT2D eigenvalue weighted by atomic mass is 16.3. The van der Waals surface area contributed by atoms with Gasteiger partial charge in [0.15, 0.2) is 0 Å². The van der Waals surface area contributed by atoms with Crippen molar-refractivity contribution in [1.29, 1.82) is 0 Å². The molecule has 2 heteroatoms. The predicted molar refractivity (Wildman–Crippen MR) is 63.1 cm³/mol. The first-order valence-corrected chi connectivity index (χ1v) is 5.95. The molecule has 0 heterocycles. The molecule has 0 bridgehead atoms. The van der Waals surface area contributed by atoms with E-state index in [1.165, 1.54) is 0 Å². The highest BCUT2D eigenvalue weighted by Gasteiger charge is 2.39. The summed E-state index contributed by atoms with van der Waals surface area (Å²) in [5.41, 5.74) is 0.645. The van der Waals surface area contributed by atoms with E-state index in [1.54, 1.807) is 0 Å². The molecule has 0 spiro atoms. The van der Waals surface area contributed by atoms with E-state index in [4.69, 9.17) is 0 Å². The minimum atomic E-state index is -0.500. The molecule has 1 N–H and O–H groups in total. The molecule has 86 valence electrons. The molecule has 0 aliphatic heterocycles. The van der Waals surface area contributed by atoms with Crippen molar-refractivity contribution in [2.75, 3.05) is 6.61 Å². The zero-order chi connectivity index (χ0) is 11.4. The minimum absolute atomic E-state index is 0.0132. The summed E-state index contributed by atoms with van der Waals surface area (Å²) in [6, 6.07) is 9.98. The summed E-state index contributed by atoms with van der Waals surface area (Å²) in [5, 5.41) is 9.55. The summed E-state index contributed by atoms with van der Waals surface area (Å²) in [5.74, 6) is 0.241. The van der Waals surface area contributed by atoms with Crippen LogP contribution in [0.1, 0.15) is 31.2 Å². The van der Waals surface area contributed by atoms with Crippen LogP contribution in [0.2, 0.25) is 0 Å². The topological polar surface area (TPSA) is 37.3 Å². The van der Waals surface area contributed by atoms with Gasteiger partial charge in [-0.2, -0.15) is 0 Å². The van der Waals surface area contributed by atoms with Gasteiger partial charge in [-0.3, -0.25) is 4.79 Å². The highest BCUT2D eigenvalue weighted by molar-refractivity contribution is 5.86. The second kappa shape index (κ2) is 4.79. The number of carbonyl (C=O) groups is 1. The van der Waals surface area contributed by atoms with Crippen molar-refractivity contribution >= 4 is 5.78 Å². The van der Waals surface area contributed by atoms with Gasteiger partial charge >= 0.3 is 0 Å². The van der Waals surface area contributed by atoms with Gasteiger partial charge in [0, 0.05) is 6.42 Å². The number of Topliss-reactive ketones (excluding diaryl/α,β-unsaturated/α-hetero) is 1. The van der Waals surface area contributed by atoms with Crippen LogP contribution < -0.4 is 0 Å². The summed E-state index contributed by atoms with van der Waals surface area (Å²) < 4.78 is 0. The van der Waals surface area contributed by atoms with E-state index in [9.17, 15) is 9.90 Å². The maximum absolute atomic E-state index is 12.0. The monoisotopic (exact) mass is 218 g/mol. The molecule has 1 saturated carbocycles. The molecule has 1 fully saturated rings. The van der Waals surface area contributed by atoms with Gasteiger partial charge in [-0.1, -0.05) is 36.8 Å². The number of carbonyl (C=O) groups excluding carboxylic acids is 1. The molecule has 2 nitrogen and oxygen atoms in total. The maximum Gasteiger partial charge on any atom is 0.141 e. The average Bonchev–Trinajstić information content (AvgIpc) is 2.34. The molecule has 2 rings (SSSR count). The quantitative estimate of drug-likeness (QED) is 0.845.